The van der Waals surface area contributed by atoms with E-state index in [1.165, 1.54) is 12.8 Å². The van der Waals surface area contributed by atoms with E-state index in [0.29, 0.717) is 12.6 Å². The van der Waals surface area contributed by atoms with Gasteiger partial charge < -0.3 is 11.1 Å². The van der Waals surface area contributed by atoms with Gasteiger partial charge in [-0.25, -0.2) is 0 Å². The van der Waals surface area contributed by atoms with Gasteiger partial charge in [0.05, 0.1) is 6.54 Å². The van der Waals surface area contributed by atoms with Crippen LogP contribution in [0.2, 0.25) is 0 Å². The maximum absolute atomic E-state index is 10.8. The summed E-state index contributed by atoms with van der Waals surface area (Å²) in [5, 5.41) is 3.33. The Balaban J connectivity index is 2.39. The highest BCUT2D eigenvalue weighted by molar-refractivity contribution is 5.75. The van der Waals surface area contributed by atoms with Crippen molar-refractivity contribution in [2.75, 3.05) is 26.2 Å². The van der Waals surface area contributed by atoms with Crippen molar-refractivity contribution in [1.82, 2.24) is 10.2 Å². The normalized spacial score (nSPS) is 23.4. The van der Waals surface area contributed by atoms with E-state index in [-0.39, 0.29) is 5.91 Å². The van der Waals surface area contributed by atoms with Crippen molar-refractivity contribution in [3.63, 3.8) is 0 Å². The van der Waals surface area contributed by atoms with E-state index in [0.717, 1.165) is 19.6 Å². The fourth-order valence-corrected chi connectivity index (χ4v) is 1.84. The number of likely N-dealkylation sites (N-methyl/N-ethyl adjacent to an activating group) is 1. The lowest BCUT2D eigenvalue weighted by Crippen LogP contribution is -2.48. The maximum atomic E-state index is 10.8. The van der Waals surface area contributed by atoms with E-state index in [1.54, 1.807) is 0 Å². The van der Waals surface area contributed by atoms with Crippen molar-refractivity contribution in [3.8, 4) is 0 Å². The molecule has 0 aromatic rings. The van der Waals surface area contributed by atoms with Crippen LogP contribution in [-0.4, -0.2) is 43.0 Å². The van der Waals surface area contributed by atoms with Crippen molar-refractivity contribution in [3.05, 3.63) is 0 Å². The summed E-state index contributed by atoms with van der Waals surface area (Å²) >= 11 is 0. The first-order valence-corrected chi connectivity index (χ1v) is 4.97. The number of primary amides is 1. The Hall–Kier alpha value is -0.610. The Kier molecular flexibility index (Phi) is 4.18. The van der Waals surface area contributed by atoms with Gasteiger partial charge in [0.25, 0.3) is 0 Å². The average Bonchev–Trinajstić information content (AvgIpc) is 2.15. The zero-order valence-electron chi connectivity index (χ0n) is 8.25. The average molecular weight is 185 g/mol. The van der Waals surface area contributed by atoms with Crippen molar-refractivity contribution in [2.24, 2.45) is 5.73 Å². The van der Waals surface area contributed by atoms with Crippen LogP contribution in [0.25, 0.3) is 0 Å². The van der Waals surface area contributed by atoms with Crippen LogP contribution in [-0.2, 0) is 4.79 Å². The van der Waals surface area contributed by atoms with E-state index in [9.17, 15) is 4.79 Å². The number of carbonyl (C=O) groups excluding carboxylic acids is 1. The summed E-state index contributed by atoms with van der Waals surface area (Å²) in [6.45, 7) is 5.45. The van der Waals surface area contributed by atoms with Gasteiger partial charge in [0.2, 0.25) is 5.91 Å². The quantitative estimate of drug-likeness (QED) is 0.623. The zero-order chi connectivity index (χ0) is 9.68. The first-order valence-electron chi connectivity index (χ1n) is 4.97. The summed E-state index contributed by atoms with van der Waals surface area (Å²) in [6, 6.07) is 0.492. The minimum absolute atomic E-state index is 0.229. The standard InChI is InChI=1S/C9H19N3O/c1-2-12(7-9(10)13)8-4-3-5-11-6-8/h8,11H,2-7H2,1H3,(H2,10,13). The molecule has 1 amide bonds. The van der Waals surface area contributed by atoms with Crippen LogP contribution >= 0.6 is 0 Å². The highest BCUT2D eigenvalue weighted by Gasteiger charge is 2.20. The number of rotatable bonds is 4. The van der Waals surface area contributed by atoms with Gasteiger partial charge >= 0.3 is 0 Å². The minimum atomic E-state index is -0.229. The number of nitrogens with zero attached hydrogens (tertiary/aromatic N) is 1. The van der Waals surface area contributed by atoms with Gasteiger partial charge in [0.15, 0.2) is 0 Å². The smallest absolute Gasteiger partial charge is 0.231 e. The van der Waals surface area contributed by atoms with Crippen LogP contribution < -0.4 is 11.1 Å². The van der Waals surface area contributed by atoms with Gasteiger partial charge in [-0.15, -0.1) is 0 Å². The number of nitrogens with one attached hydrogen (secondary N) is 1. The highest BCUT2D eigenvalue weighted by Crippen LogP contribution is 2.09. The molecule has 0 spiro atoms. The first kappa shape index (κ1) is 10.5. The summed E-state index contributed by atoms with van der Waals surface area (Å²) in [7, 11) is 0. The topological polar surface area (TPSA) is 58.4 Å². The molecule has 0 radical (unpaired) electrons. The highest BCUT2D eigenvalue weighted by atomic mass is 16.1. The summed E-state index contributed by atoms with van der Waals surface area (Å²) in [5.41, 5.74) is 5.17. The number of piperidine rings is 1. The molecule has 1 aliphatic heterocycles. The van der Waals surface area contributed by atoms with Gasteiger partial charge in [-0.3, -0.25) is 9.69 Å². The largest absolute Gasteiger partial charge is 0.369 e. The van der Waals surface area contributed by atoms with E-state index < -0.39 is 0 Å². The van der Waals surface area contributed by atoms with Gasteiger partial charge in [-0.2, -0.15) is 0 Å². The lowest BCUT2D eigenvalue weighted by molar-refractivity contribution is -0.119. The number of hydrogen-bond donors (Lipinski definition) is 2. The third-order valence-corrected chi connectivity index (χ3v) is 2.55. The summed E-state index contributed by atoms with van der Waals surface area (Å²) in [5.74, 6) is -0.229. The molecule has 1 heterocycles. The van der Waals surface area contributed by atoms with Crippen LogP contribution in [0.15, 0.2) is 0 Å². The molecule has 1 saturated heterocycles. The van der Waals surface area contributed by atoms with Gasteiger partial charge in [-0.05, 0) is 25.9 Å². The Morgan fingerprint density at radius 3 is 2.92 bits per heavy atom. The fourth-order valence-electron chi connectivity index (χ4n) is 1.84. The summed E-state index contributed by atoms with van der Waals surface area (Å²) in [4.78, 5) is 12.9. The third-order valence-electron chi connectivity index (χ3n) is 2.55. The van der Waals surface area contributed by atoms with Crippen molar-refractivity contribution in [1.29, 1.82) is 0 Å². The number of nitrogens with two attached hydrogens (primary N) is 1. The summed E-state index contributed by atoms with van der Waals surface area (Å²) in [6.07, 6.45) is 2.37. The van der Waals surface area contributed by atoms with Gasteiger partial charge in [-0.1, -0.05) is 6.92 Å². The number of hydrogen-bond acceptors (Lipinski definition) is 3. The Morgan fingerprint density at radius 2 is 2.46 bits per heavy atom. The van der Waals surface area contributed by atoms with E-state index in [1.807, 2.05) is 0 Å². The molecule has 0 aromatic heterocycles. The van der Waals surface area contributed by atoms with Crippen LogP contribution in [0.5, 0.6) is 0 Å². The molecule has 0 aromatic carbocycles. The van der Waals surface area contributed by atoms with E-state index in [2.05, 4.69) is 17.1 Å². The zero-order valence-corrected chi connectivity index (χ0v) is 8.25. The number of carbonyl (C=O) groups is 1. The van der Waals surface area contributed by atoms with Crippen molar-refractivity contribution in [2.45, 2.75) is 25.8 Å². The molecular formula is C9H19N3O. The maximum Gasteiger partial charge on any atom is 0.231 e. The minimum Gasteiger partial charge on any atom is -0.369 e. The lowest BCUT2D eigenvalue weighted by Gasteiger charge is -2.32. The molecule has 0 aliphatic carbocycles. The predicted octanol–water partition coefficient (Wildman–Crippen LogP) is -0.454. The molecule has 0 saturated carbocycles. The molecule has 1 unspecified atom stereocenters. The fraction of sp³-hybridized carbons (Fsp3) is 0.889. The first-order chi connectivity index (χ1) is 6.24. The van der Waals surface area contributed by atoms with E-state index >= 15 is 0 Å². The Labute approximate surface area is 79.5 Å². The molecular weight excluding hydrogens is 166 g/mol. The Bertz CT molecular complexity index is 166. The molecule has 1 fully saturated rings. The second kappa shape index (κ2) is 5.19. The molecule has 13 heavy (non-hydrogen) atoms. The van der Waals surface area contributed by atoms with Crippen LogP contribution in [0, 0.1) is 0 Å². The van der Waals surface area contributed by atoms with Crippen LogP contribution in [0.3, 0.4) is 0 Å². The molecule has 76 valence electrons. The van der Waals surface area contributed by atoms with Gasteiger partial charge in [0, 0.05) is 12.6 Å². The monoisotopic (exact) mass is 185 g/mol. The van der Waals surface area contributed by atoms with Gasteiger partial charge in [0.1, 0.15) is 0 Å². The molecule has 1 rings (SSSR count). The van der Waals surface area contributed by atoms with Crippen molar-refractivity contribution >= 4 is 5.91 Å². The second-order valence-corrected chi connectivity index (χ2v) is 3.53. The SMILES string of the molecule is CCN(CC(N)=O)C1CCCNC1. The predicted molar refractivity (Wildman–Crippen MR) is 52.3 cm³/mol. The second-order valence-electron chi connectivity index (χ2n) is 3.53. The summed E-state index contributed by atoms with van der Waals surface area (Å²) < 4.78 is 0. The molecule has 3 N–H and O–H groups in total. The molecule has 0 bridgehead atoms. The third kappa shape index (κ3) is 3.32. The molecule has 1 atom stereocenters. The van der Waals surface area contributed by atoms with Crippen LogP contribution in [0.4, 0.5) is 0 Å². The molecule has 1 aliphatic rings. The Morgan fingerprint density at radius 1 is 1.69 bits per heavy atom. The molecule has 4 nitrogen and oxygen atoms in total. The molecule has 4 heteroatoms. The van der Waals surface area contributed by atoms with Crippen molar-refractivity contribution < 1.29 is 4.79 Å². The lowest BCUT2D eigenvalue weighted by atomic mass is 10.1. The van der Waals surface area contributed by atoms with E-state index in [4.69, 9.17) is 5.73 Å². The van der Waals surface area contributed by atoms with Crippen LogP contribution in [0.1, 0.15) is 19.8 Å². The number of amides is 1.